The van der Waals surface area contributed by atoms with Gasteiger partial charge in [0.05, 0.1) is 18.8 Å². The standard InChI is InChI=1S/C13H18N4OS/c1-18-10-11-6-16(9-13-14-4-5-19-13)8-12-2-3-15-17(12)7-11/h2-5,11H,6-10H2,1H3/t11-/m0/s1. The van der Waals surface area contributed by atoms with Gasteiger partial charge in [-0.05, 0) is 6.07 Å². The normalized spacial score (nSPS) is 20.2. The maximum atomic E-state index is 5.33. The van der Waals surface area contributed by atoms with Gasteiger partial charge in [-0.2, -0.15) is 5.10 Å². The van der Waals surface area contributed by atoms with Crippen molar-refractivity contribution in [1.82, 2.24) is 19.7 Å². The van der Waals surface area contributed by atoms with Gasteiger partial charge in [-0.1, -0.05) is 0 Å². The van der Waals surface area contributed by atoms with Crippen molar-refractivity contribution in [2.45, 2.75) is 19.6 Å². The molecule has 2 aromatic rings. The van der Waals surface area contributed by atoms with Crippen LogP contribution in [0.4, 0.5) is 0 Å². The number of methoxy groups -OCH3 is 1. The maximum Gasteiger partial charge on any atom is 0.107 e. The third kappa shape index (κ3) is 3.02. The second-order valence-electron chi connectivity index (χ2n) is 4.92. The van der Waals surface area contributed by atoms with Gasteiger partial charge in [0.15, 0.2) is 0 Å². The molecule has 0 amide bonds. The molecule has 0 spiro atoms. The first-order valence-corrected chi connectivity index (χ1v) is 7.33. The minimum Gasteiger partial charge on any atom is -0.384 e. The molecule has 19 heavy (non-hydrogen) atoms. The Bertz CT molecular complexity index is 510. The topological polar surface area (TPSA) is 43.2 Å². The minimum atomic E-state index is 0.478. The van der Waals surface area contributed by atoms with Crippen molar-refractivity contribution >= 4 is 11.3 Å². The molecule has 3 heterocycles. The van der Waals surface area contributed by atoms with E-state index in [9.17, 15) is 0 Å². The summed E-state index contributed by atoms with van der Waals surface area (Å²) in [5.74, 6) is 0.478. The summed E-state index contributed by atoms with van der Waals surface area (Å²) in [7, 11) is 1.76. The van der Waals surface area contributed by atoms with Crippen molar-refractivity contribution in [1.29, 1.82) is 0 Å². The summed E-state index contributed by atoms with van der Waals surface area (Å²) in [6.45, 7) is 4.57. The molecule has 1 aliphatic heterocycles. The van der Waals surface area contributed by atoms with Crippen molar-refractivity contribution in [2.24, 2.45) is 5.92 Å². The zero-order valence-electron chi connectivity index (χ0n) is 11.0. The van der Waals surface area contributed by atoms with E-state index in [1.807, 2.05) is 17.8 Å². The lowest BCUT2D eigenvalue weighted by atomic mass is 10.1. The predicted octanol–water partition coefficient (Wildman–Crippen LogP) is 1.62. The lowest BCUT2D eigenvalue weighted by Crippen LogP contribution is -2.29. The highest BCUT2D eigenvalue weighted by atomic mass is 32.1. The first kappa shape index (κ1) is 12.8. The van der Waals surface area contributed by atoms with Crippen LogP contribution in [0.1, 0.15) is 10.7 Å². The predicted molar refractivity (Wildman–Crippen MR) is 73.8 cm³/mol. The number of nitrogens with zero attached hydrogens (tertiary/aromatic N) is 4. The molecule has 102 valence electrons. The van der Waals surface area contributed by atoms with Crippen molar-refractivity contribution < 1.29 is 4.74 Å². The van der Waals surface area contributed by atoms with Crippen LogP contribution in [0.15, 0.2) is 23.8 Å². The van der Waals surface area contributed by atoms with Crippen LogP contribution in [0.3, 0.4) is 0 Å². The molecule has 2 aromatic heterocycles. The van der Waals surface area contributed by atoms with Gasteiger partial charge in [0.2, 0.25) is 0 Å². The van der Waals surface area contributed by atoms with E-state index in [1.165, 1.54) is 10.7 Å². The second-order valence-corrected chi connectivity index (χ2v) is 5.90. The van der Waals surface area contributed by atoms with Crippen LogP contribution in [-0.2, 0) is 24.4 Å². The SMILES string of the molecule is COC[C@H]1CN(Cc2nccs2)Cc2ccnn2C1. The molecule has 0 saturated carbocycles. The van der Waals surface area contributed by atoms with E-state index < -0.39 is 0 Å². The molecule has 0 aromatic carbocycles. The van der Waals surface area contributed by atoms with Crippen LogP contribution in [0, 0.1) is 5.92 Å². The average Bonchev–Trinajstić information content (AvgIpc) is 3.00. The Hall–Kier alpha value is -1.24. The quantitative estimate of drug-likeness (QED) is 0.852. The third-order valence-electron chi connectivity index (χ3n) is 3.38. The van der Waals surface area contributed by atoms with E-state index in [-0.39, 0.29) is 0 Å². The number of aromatic nitrogens is 3. The fraction of sp³-hybridized carbons (Fsp3) is 0.538. The van der Waals surface area contributed by atoms with E-state index in [0.717, 1.165) is 32.8 Å². The van der Waals surface area contributed by atoms with Crippen LogP contribution >= 0.6 is 11.3 Å². The molecule has 5 nitrogen and oxygen atoms in total. The Morgan fingerprint density at radius 3 is 3.16 bits per heavy atom. The van der Waals surface area contributed by atoms with Crippen molar-refractivity contribution in [3.05, 3.63) is 34.5 Å². The van der Waals surface area contributed by atoms with Crippen LogP contribution in [0.2, 0.25) is 0 Å². The fourth-order valence-electron chi connectivity index (χ4n) is 2.60. The van der Waals surface area contributed by atoms with Gasteiger partial charge >= 0.3 is 0 Å². The Morgan fingerprint density at radius 1 is 1.42 bits per heavy atom. The van der Waals surface area contributed by atoms with Crippen LogP contribution in [0.25, 0.3) is 0 Å². The van der Waals surface area contributed by atoms with Crippen molar-refractivity contribution in [2.75, 3.05) is 20.3 Å². The molecule has 0 N–H and O–H groups in total. The fourth-order valence-corrected chi connectivity index (χ4v) is 3.26. The highest BCUT2D eigenvalue weighted by Gasteiger charge is 2.22. The molecule has 0 fully saturated rings. The summed E-state index contributed by atoms with van der Waals surface area (Å²) in [6.07, 6.45) is 3.75. The highest BCUT2D eigenvalue weighted by molar-refractivity contribution is 7.09. The minimum absolute atomic E-state index is 0.478. The molecule has 3 rings (SSSR count). The third-order valence-corrected chi connectivity index (χ3v) is 4.15. The van der Waals surface area contributed by atoms with Gasteiger partial charge < -0.3 is 4.74 Å². The molecular weight excluding hydrogens is 260 g/mol. The molecule has 0 radical (unpaired) electrons. The Labute approximate surface area is 116 Å². The summed E-state index contributed by atoms with van der Waals surface area (Å²) < 4.78 is 7.43. The number of hydrogen-bond acceptors (Lipinski definition) is 5. The van der Waals surface area contributed by atoms with Crippen molar-refractivity contribution in [3.8, 4) is 0 Å². The Kier molecular flexibility index (Phi) is 3.91. The average molecular weight is 278 g/mol. The van der Waals surface area contributed by atoms with E-state index in [4.69, 9.17) is 4.74 Å². The van der Waals surface area contributed by atoms with Gasteiger partial charge in [-0.15, -0.1) is 11.3 Å². The summed E-state index contributed by atoms with van der Waals surface area (Å²) in [5, 5.41) is 7.60. The van der Waals surface area contributed by atoms with Gasteiger partial charge in [0, 0.05) is 50.4 Å². The van der Waals surface area contributed by atoms with E-state index in [1.54, 1.807) is 18.4 Å². The Balaban J connectivity index is 1.76. The molecule has 6 heteroatoms. The number of thiazole rings is 1. The van der Waals surface area contributed by atoms with E-state index >= 15 is 0 Å². The zero-order chi connectivity index (χ0) is 13.1. The van der Waals surface area contributed by atoms with Crippen LogP contribution < -0.4 is 0 Å². The summed E-state index contributed by atoms with van der Waals surface area (Å²) >= 11 is 1.71. The summed E-state index contributed by atoms with van der Waals surface area (Å²) in [6, 6.07) is 2.10. The van der Waals surface area contributed by atoms with Gasteiger partial charge in [0.25, 0.3) is 0 Å². The number of fused-ring (bicyclic) bond motifs is 1. The first-order chi connectivity index (χ1) is 9.35. The van der Waals surface area contributed by atoms with E-state index in [2.05, 4.69) is 25.7 Å². The Morgan fingerprint density at radius 2 is 2.37 bits per heavy atom. The molecule has 0 bridgehead atoms. The summed E-state index contributed by atoms with van der Waals surface area (Å²) in [5.41, 5.74) is 1.27. The first-order valence-electron chi connectivity index (χ1n) is 6.45. The molecule has 0 unspecified atom stereocenters. The largest absolute Gasteiger partial charge is 0.384 e. The maximum absolute atomic E-state index is 5.33. The van der Waals surface area contributed by atoms with E-state index in [0.29, 0.717) is 5.92 Å². The smallest absolute Gasteiger partial charge is 0.107 e. The van der Waals surface area contributed by atoms with Crippen LogP contribution in [-0.4, -0.2) is 39.9 Å². The molecule has 0 aliphatic carbocycles. The molecule has 0 saturated heterocycles. The second kappa shape index (κ2) is 5.81. The highest BCUT2D eigenvalue weighted by Crippen LogP contribution is 2.19. The summed E-state index contributed by atoms with van der Waals surface area (Å²) in [4.78, 5) is 6.81. The van der Waals surface area contributed by atoms with Crippen molar-refractivity contribution in [3.63, 3.8) is 0 Å². The van der Waals surface area contributed by atoms with Crippen LogP contribution in [0.5, 0.6) is 0 Å². The zero-order valence-corrected chi connectivity index (χ0v) is 11.8. The van der Waals surface area contributed by atoms with Gasteiger partial charge in [-0.25, -0.2) is 4.98 Å². The lowest BCUT2D eigenvalue weighted by molar-refractivity contribution is 0.114. The molecular formula is C13H18N4OS. The monoisotopic (exact) mass is 278 g/mol. The van der Waals surface area contributed by atoms with Gasteiger partial charge in [-0.3, -0.25) is 9.58 Å². The van der Waals surface area contributed by atoms with Gasteiger partial charge in [0.1, 0.15) is 5.01 Å². The number of rotatable bonds is 4. The molecule has 1 atom stereocenters. The lowest BCUT2D eigenvalue weighted by Gasteiger charge is -2.22. The number of hydrogen-bond donors (Lipinski definition) is 0. The number of ether oxygens (including phenoxy) is 1. The molecule has 1 aliphatic rings.